The zero-order chi connectivity index (χ0) is 15.5. The molecule has 0 spiro atoms. The molecule has 0 aliphatic heterocycles. The normalized spacial score (nSPS) is 11.4. The van der Waals surface area contributed by atoms with Gasteiger partial charge in [-0.1, -0.05) is 0 Å². The molecule has 0 atom stereocenters. The zero-order valence-corrected chi connectivity index (χ0v) is 10.1. The smallest absolute Gasteiger partial charge is 0.495 e. The number of rotatable bonds is 4. The number of hydrogen-bond acceptors (Lipinski definition) is 5. The summed E-state index contributed by atoms with van der Waals surface area (Å²) in [5.74, 6) is -3.27. The van der Waals surface area contributed by atoms with Crippen LogP contribution in [-0.2, 0) is 4.74 Å². The van der Waals surface area contributed by atoms with Gasteiger partial charge in [-0.3, -0.25) is 0 Å². The predicted octanol–water partition coefficient (Wildman–Crippen LogP) is 2.71. The Morgan fingerprint density at radius 3 is 2.30 bits per heavy atom. The van der Waals surface area contributed by atoms with Crippen LogP contribution in [0.15, 0.2) is 6.20 Å². The molecule has 20 heavy (non-hydrogen) atoms. The van der Waals surface area contributed by atoms with Gasteiger partial charge in [0, 0.05) is 6.20 Å². The molecule has 1 aromatic heterocycles. The summed E-state index contributed by atoms with van der Waals surface area (Å²) in [6.07, 6.45) is -8.02. The van der Waals surface area contributed by atoms with Gasteiger partial charge in [0.05, 0.1) is 14.2 Å². The van der Waals surface area contributed by atoms with Gasteiger partial charge in [-0.2, -0.15) is 0 Å². The zero-order valence-electron chi connectivity index (χ0n) is 10.1. The van der Waals surface area contributed by atoms with Gasteiger partial charge in [0.25, 0.3) is 6.43 Å². The van der Waals surface area contributed by atoms with Crippen molar-refractivity contribution in [2.24, 2.45) is 0 Å². The average Bonchev–Trinajstić information content (AvgIpc) is 2.34. The van der Waals surface area contributed by atoms with E-state index < -0.39 is 41.5 Å². The van der Waals surface area contributed by atoms with Crippen LogP contribution in [0.5, 0.6) is 11.6 Å². The highest BCUT2D eigenvalue weighted by molar-refractivity contribution is 5.92. The van der Waals surface area contributed by atoms with E-state index in [-0.39, 0.29) is 0 Å². The van der Waals surface area contributed by atoms with Crippen molar-refractivity contribution in [1.82, 2.24) is 4.98 Å². The molecule has 1 heterocycles. The maximum atomic E-state index is 12.9. The van der Waals surface area contributed by atoms with Crippen molar-refractivity contribution in [2.75, 3.05) is 14.2 Å². The van der Waals surface area contributed by atoms with E-state index >= 15 is 0 Å². The highest BCUT2D eigenvalue weighted by atomic mass is 19.4. The number of ether oxygens (including phenoxy) is 3. The Hall–Kier alpha value is -2.13. The third kappa shape index (κ3) is 3.45. The van der Waals surface area contributed by atoms with Crippen LogP contribution in [0, 0.1) is 0 Å². The Balaban J connectivity index is 3.46. The van der Waals surface area contributed by atoms with E-state index in [1.165, 1.54) is 0 Å². The van der Waals surface area contributed by atoms with Gasteiger partial charge in [-0.05, 0) is 0 Å². The molecule has 0 N–H and O–H groups in total. The molecule has 10 heteroatoms. The lowest BCUT2D eigenvalue weighted by atomic mass is 10.1. The van der Waals surface area contributed by atoms with Crippen LogP contribution in [0.25, 0.3) is 0 Å². The minimum absolute atomic E-state index is 0.542. The number of alkyl halides is 5. The molecule has 112 valence electrons. The predicted molar refractivity (Wildman–Crippen MR) is 53.8 cm³/mol. The van der Waals surface area contributed by atoms with Crippen molar-refractivity contribution in [1.29, 1.82) is 0 Å². The largest absolute Gasteiger partial charge is 0.574 e. The van der Waals surface area contributed by atoms with Gasteiger partial charge >= 0.3 is 12.3 Å². The topological polar surface area (TPSA) is 57.7 Å². The molecule has 5 nitrogen and oxygen atoms in total. The first-order chi connectivity index (χ1) is 9.21. The van der Waals surface area contributed by atoms with E-state index in [0.717, 1.165) is 14.2 Å². The van der Waals surface area contributed by atoms with Crippen LogP contribution >= 0.6 is 0 Å². The number of esters is 1. The highest BCUT2D eigenvalue weighted by Gasteiger charge is 2.36. The second-order valence-electron chi connectivity index (χ2n) is 3.26. The lowest BCUT2D eigenvalue weighted by Crippen LogP contribution is -2.20. The maximum Gasteiger partial charge on any atom is 0.574 e. The van der Waals surface area contributed by atoms with E-state index in [0.29, 0.717) is 6.20 Å². The lowest BCUT2D eigenvalue weighted by molar-refractivity contribution is -0.276. The molecule has 0 saturated heterocycles. The molecule has 0 unspecified atom stereocenters. The number of carbonyl (C=O) groups excluding carboxylic acids is 1. The van der Waals surface area contributed by atoms with Crippen molar-refractivity contribution >= 4 is 5.97 Å². The number of halogens is 5. The first-order valence-electron chi connectivity index (χ1n) is 4.90. The number of nitrogens with zero attached hydrogens (tertiary/aromatic N) is 1. The molecule has 0 amide bonds. The Kier molecular flexibility index (Phi) is 4.69. The summed E-state index contributed by atoms with van der Waals surface area (Å²) >= 11 is 0. The molecule has 0 bridgehead atoms. The van der Waals surface area contributed by atoms with Crippen molar-refractivity contribution in [2.45, 2.75) is 12.8 Å². The first-order valence-corrected chi connectivity index (χ1v) is 4.90. The van der Waals surface area contributed by atoms with Crippen LogP contribution in [0.4, 0.5) is 22.0 Å². The van der Waals surface area contributed by atoms with Gasteiger partial charge in [0.1, 0.15) is 16.9 Å². The molecule has 0 saturated carbocycles. The summed E-state index contributed by atoms with van der Waals surface area (Å²) in [6.45, 7) is 0. The maximum absolute atomic E-state index is 12.9. The number of hydrogen-bond donors (Lipinski definition) is 0. The van der Waals surface area contributed by atoms with Crippen molar-refractivity contribution in [3.63, 3.8) is 0 Å². The first kappa shape index (κ1) is 15.9. The van der Waals surface area contributed by atoms with Crippen LogP contribution in [0.2, 0.25) is 0 Å². The standard InChI is InChI=1S/C10H8F5NO4/c1-18-6-4(9(17)19-2)3-16-8(5(6)7(11)12)20-10(13,14)15/h3,7H,1-2H3. The van der Waals surface area contributed by atoms with E-state index in [1.807, 2.05) is 0 Å². The molecule has 0 radical (unpaired) electrons. The molecular weight excluding hydrogens is 293 g/mol. The van der Waals surface area contributed by atoms with Gasteiger partial charge < -0.3 is 14.2 Å². The second kappa shape index (κ2) is 5.88. The third-order valence-corrected chi connectivity index (χ3v) is 2.07. The van der Waals surface area contributed by atoms with E-state index in [2.05, 4.69) is 19.2 Å². The van der Waals surface area contributed by atoms with E-state index in [1.54, 1.807) is 0 Å². The van der Waals surface area contributed by atoms with E-state index in [4.69, 9.17) is 0 Å². The van der Waals surface area contributed by atoms with Crippen LogP contribution in [0.1, 0.15) is 22.3 Å². The number of carbonyl (C=O) groups is 1. The van der Waals surface area contributed by atoms with Crippen LogP contribution < -0.4 is 9.47 Å². The Bertz CT molecular complexity index is 503. The Morgan fingerprint density at radius 2 is 1.90 bits per heavy atom. The summed E-state index contributed by atoms with van der Waals surface area (Å²) in [4.78, 5) is 14.4. The Labute approximate surface area is 109 Å². The van der Waals surface area contributed by atoms with Crippen LogP contribution in [-0.4, -0.2) is 31.5 Å². The second-order valence-corrected chi connectivity index (χ2v) is 3.26. The van der Waals surface area contributed by atoms with Crippen molar-refractivity contribution < 1.29 is 41.0 Å². The number of aromatic nitrogens is 1. The monoisotopic (exact) mass is 301 g/mol. The summed E-state index contributed by atoms with van der Waals surface area (Å²) in [6, 6.07) is 0. The van der Waals surface area contributed by atoms with Gasteiger partial charge in [0.2, 0.25) is 5.88 Å². The van der Waals surface area contributed by atoms with Gasteiger partial charge in [-0.15, -0.1) is 13.2 Å². The third-order valence-electron chi connectivity index (χ3n) is 2.07. The quantitative estimate of drug-likeness (QED) is 0.632. The summed E-state index contributed by atoms with van der Waals surface area (Å²) in [5, 5.41) is 0. The highest BCUT2D eigenvalue weighted by Crippen LogP contribution is 2.39. The SMILES string of the molecule is COC(=O)c1cnc(OC(F)(F)F)c(C(F)F)c1OC. The fourth-order valence-electron chi connectivity index (χ4n) is 1.35. The Morgan fingerprint density at radius 1 is 1.30 bits per heavy atom. The van der Waals surface area contributed by atoms with Gasteiger partial charge in [-0.25, -0.2) is 18.6 Å². The average molecular weight is 301 g/mol. The summed E-state index contributed by atoms with van der Waals surface area (Å²) in [7, 11) is 1.87. The molecule has 0 fully saturated rings. The molecule has 0 aliphatic rings. The minimum atomic E-state index is -5.21. The van der Waals surface area contributed by atoms with Gasteiger partial charge in [0.15, 0.2) is 0 Å². The molecule has 0 aromatic carbocycles. The summed E-state index contributed by atoms with van der Waals surface area (Å²) in [5.41, 5.74) is -1.83. The van der Waals surface area contributed by atoms with Crippen LogP contribution in [0.3, 0.4) is 0 Å². The molecular formula is C10H8F5NO4. The fraction of sp³-hybridized carbons (Fsp3) is 0.400. The van der Waals surface area contributed by atoms with E-state index in [9.17, 15) is 26.7 Å². The number of methoxy groups -OCH3 is 2. The molecule has 1 aromatic rings. The fourth-order valence-corrected chi connectivity index (χ4v) is 1.35. The molecule has 1 rings (SSSR count). The lowest BCUT2D eigenvalue weighted by Gasteiger charge is -2.16. The number of pyridine rings is 1. The van der Waals surface area contributed by atoms with Crippen molar-refractivity contribution in [3.05, 3.63) is 17.3 Å². The minimum Gasteiger partial charge on any atom is -0.495 e. The summed E-state index contributed by atoms with van der Waals surface area (Å²) < 4.78 is 74.3. The molecule has 0 aliphatic carbocycles. The van der Waals surface area contributed by atoms with Crippen molar-refractivity contribution in [3.8, 4) is 11.6 Å².